The number of nitrogens with one attached hydrogen (secondary N) is 1. The van der Waals surface area contributed by atoms with E-state index in [1.807, 2.05) is 0 Å². The van der Waals surface area contributed by atoms with Gasteiger partial charge in [0.15, 0.2) is 9.84 Å². The molecule has 0 atom stereocenters. The largest absolute Gasteiger partial charge is 0.240 e. The molecule has 1 rings (SSSR count). The summed E-state index contributed by atoms with van der Waals surface area (Å²) in [5.74, 6) is 0. The summed E-state index contributed by atoms with van der Waals surface area (Å²) in [5.41, 5.74) is 0. The van der Waals surface area contributed by atoms with Crippen molar-refractivity contribution >= 4 is 19.9 Å². The van der Waals surface area contributed by atoms with Crippen LogP contribution in [-0.4, -0.2) is 30.1 Å². The first-order valence-electron chi connectivity index (χ1n) is 4.01. The summed E-state index contributed by atoms with van der Waals surface area (Å²) in [7, 11) is -5.50. The summed E-state index contributed by atoms with van der Waals surface area (Å²) in [4.78, 5) is 0.134. The fraction of sp³-hybridized carbons (Fsp3) is 0.250. The molecule has 0 radical (unpaired) electrons. The Labute approximate surface area is 89.1 Å². The van der Waals surface area contributed by atoms with Gasteiger partial charge in [0, 0.05) is 6.26 Å². The second-order valence-electron chi connectivity index (χ2n) is 2.95. The highest BCUT2D eigenvalue weighted by Crippen LogP contribution is 2.13. The second-order valence-corrected chi connectivity index (χ2v) is 6.85. The minimum atomic E-state index is -3.51. The Kier molecular flexibility index (Phi) is 3.17. The minimum absolute atomic E-state index is 0.0393. The molecule has 0 aromatic heterocycles. The molecule has 1 aromatic rings. The van der Waals surface area contributed by atoms with Gasteiger partial charge in [-0.25, -0.2) is 21.6 Å². The predicted molar refractivity (Wildman–Crippen MR) is 55.8 cm³/mol. The van der Waals surface area contributed by atoms with Gasteiger partial charge < -0.3 is 0 Å². The van der Waals surface area contributed by atoms with Crippen molar-refractivity contribution in [2.45, 2.75) is 9.79 Å². The number of rotatable bonds is 3. The van der Waals surface area contributed by atoms with E-state index in [9.17, 15) is 16.8 Å². The Morgan fingerprint density at radius 1 is 0.933 bits per heavy atom. The Morgan fingerprint density at radius 3 is 1.67 bits per heavy atom. The first kappa shape index (κ1) is 12.2. The molecule has 1 N–H and O–H groups in total. The SMILES string of the molecule is CNS(=O)(=O)c1ccc(S(C)(=O)=O)cc1. The topological polar surface area (TPSA) is 80.3 Å². The van der Waals surface area contributed by atoms with Crippen LogP contribution in [0.1, 0.15) is 0 Å². The fourth-order valence-electron chi connectivity index (χ4n) is 0.984. The number of benzene rings is 1. The molecule has 0 unspecified atom stereocenters. The van der Waals surface area contributed by atoms with E-state index in [-0.39, 0.29) is 9.79 Å². The van der Waals surface area contributed by atoms with Crippen LogP contribution in [0.4, 0.5) is 0 Å². The molecular weight excluding hydrogens is 238 g/mol. The second kappa shape index (κ2) is 3.92. The lowest BCUT2D eigenvalue weighted by Gasteiger charge is -2.03. The Balaban J connectivity index is 3.24. The highest BCUT2D eigenvalue weighted by molar-refractivity contribution is 7.90. The van der Waals surface area contributed by atoms with Gasteiger partial charge >= 0.3 is 0 Å². The van der Waals surface area contributed by atoms with Crippen molar-refractivity contribution in [3.63, 3.8) is 0 Å². The molecule has 0 amide bonds. The van der Waals surface area contributed by atoms with Crippen molar-refractivity contribution in [1.82, 2.24) is 4.72 Å². The van der Waals surface area contributed by atoms with E-state index in [2.05, 4.69) is 4.72 Å². The molecule has 0 saturated heterocycles. The number of sulfonamides is 1. The van der Waals surface area contributed by atoms with Crippen molar-refractivity contribution in [3.05, 3.63) is 24.3 Å². The molecule has 15 heavy (non-hydrogen) atoms. The van der Waals surface area contributed by atoms with E-state index in [4.69, 9.17) is 0 Å². The smallest absolute Gasteiger partial charge is 0.224 e. The third-order valence-electron chi connectivity index (χ3n) is 1.83. The van der Waals surface area contributed by atoms with Crippen LogP contribution < -0.4 is 4.72 Å². The van der Waals surface area contributed by atoms with Gasteiger partial charge in [-0.2, -0.15) is 0 Å². The molecule has 0 aliphatic heterocycles. The minimum Gasteiger partial charge on any atom is -0.224 e. The molecule has 0 spiro atoms. The number of hydrogen-bond acceptors (Lipinski definition) is 4. The molecule has 7 heteroatoms. The average molecular weight is 249 g/mol. The van der Waals surface area contributed by atoms with Crippen LogP contribution in [0.25, 0.3) is 0 Å². The van der Waals surface area contributed by atoms with Crippen LogP contribution >= 0.6 is 0 Å². The third kappa shape index (κ3) is 2.77. The summed E-state index contributed by atoms with van der Waals surface area (Å²) in [5, 5.41) is 0. The third-order valence-corrected chi connectivity index (χ3v) is 4.39. The van der Waals surface area contributed by atoms with E-state index < -0.39 is 19.9 Å². The van der Waals surface area contributed by atoms with E-state index in [1.54, 1.807) is 0 Å². The highest BCUT2D eigenvalue weighted by atomic mass is 32.2. The van der Waals surface area contributed by atoms with E-state index >= 15 is 0 Å². The van der Waals surface area contributed by atoms with Gasteiger partial charge in [0.05, 0.1) is 9.79 Å². The zero-order valence-corrected chi connectivity index (χ0v) is 9.89. The molecule has 1 aromatic carbocycles. The summed E-state index contributed by atoms with van der Waals surface area (Å²) in [6.45, 7) is 0. The summed E-state index contributed by atoms with van der Waals surface area (Å²) in [6.07, 6.45) is 1.06. The van der Waals surface area contributed by atoms with Crippen LogP contribution in [0.5, 0.6) is 0 Å². The lowest BCUT2D eigenvalue weighted by Crippen LogP contribution is -2.18. The Bertz CT molecular complexity index is 543. The Hall–Kier alpha value is -0.920. The van der Waals surface area contributed by atoms with Crippen LogP contribution in [0, 0.1) is 0 Å². The van der Waals surface area contributed by atoms with E-state index in [0.29, 0.717) is 0 Å². The van der Waals surface area contributed by atoms with Crippen LogP contribution in [-0.2, 0) is 19.9 Å². The van der Waals surface area contributed by atoms with Crippen molar-refractivity contribution in [1.29, 1.82) is 0 Å². The lowest BCUT2D eigenvalue weighted by molar-refractivity contribution is 0.587. The quantitative estimate of drug-likeness (QED) is 0.817. The first-order chi connectivity index (χ1) is 6.77. The molecule has 0 fully saturated rings. The molecule has 0 aliphatic carbocycles. The van der Waals surface area contributed by atoms with Gasteiger partial charge in [-0.1, -0.05) is 0 Å². The Morgan fingerprint density at radius 2 is 1.33 bits per heavy atom. The van der Waals surface area contributed by atoms with Crippen molar-refractivity contribution in [3.8, 4) is 0 Å². The molecule has 5 nitrogen and oxygen atoms in total. The molecule has 0 aliphatic rings. The molecule has 84 valence electrons. The highest BCUT2D eigenvalue weighted by Gasteiger charge is 2.12. The first-order valence-corrected chi connectivity index (χ1v) is 7.38. The fourth-order valence-corrected chi connectivity index (χ4v) is 2.34. The maximum absolute atomic E-state index is 11.3. The summed E-state index contributed by atoms with van der Waals surface area (Å²) in [6, 6.07) is 5.03. The van der Waals surface area contributed by atoms with E-state index in [1.165, 1.54) is 31.3 Å². The molecular formula is C8H11NO4S2. The normalized spacial score (nSPS) is 12.7. The summed E-state index contributed by atoms with van der Waals surface area (Å²) >= 11 is 0. The van der Waals surface area contributed by atoms with Crippen LogP contribution in [0.2, 0.25) is 0 Å². The monoisotopic (exact) mass is 249 g/mol. The van der Waals surface area contributed by atoms with Gasteiger partial charge in [0.1, 0.15) is 0 Å². The van der Waals surface area contributed by atoms with E-state index in [0.717, 1.165) is 6.26 Å². The van der Waals surface area contributed by atoms with Crippen LogP contribution in [0.3, 0.4) is 0 Å². The zero-order valence-electron chi connectivity index (χ0n) is 8.26. The number of hydrogen-bond donors (Lipinski definition) is 1. The summed E-state index contributed by atoms with van der Waals surface area (Å²) < 4.78 is 46.9. The standard InChI is InChI=1S/C8H11NO4S2/c1-9-15(12,13)8-5-3-7(4-6-8)14(2,10)11/h3-6,9H,1-2H3. The van der Waals surface area contributed by atoms with Crippen LogP contribution in [0.15, 0.2) is 34.1 Å². The zero-order chi connectivity index (χ0) is 11.7. The van der Waals surface area contributed by atoms with Gasteiger partial charge in [-0.15, -0.1) is 0 Å². The van der Waals surface area contributed by atoms with Crippen molar-refractivity contribution < 1.29 is 16.8 Å². The van der Waals surface area contributed by atoms with Gasteiger partial charge in [0.25, 0.3) is 0 Å². The molecule has 0 heterocycles. The van der Waals surface area contributed by atoms with Gasteiger partial charge in [0.2, 0.25) is 10.0 Å². The van der Waals surface area contributed by atoms with Crippen molar-refractivity contribution in [2.24, 2.45) is 0 Å². The average Bonchev–Trinajstić information content (AvgIpc) is 2.17. The van der Waals surface area contributed by atoms with Gasteiger partial charge in [-0.3, -0.25) is 0 Å². The predicted octanol–water partition coefficient (Wildman–Crippen LogP) is -0.00180. The maximum atomic E-state index is 11.3. The number of sulfone groups is 1. The van der Waals surface area contributed by atoms with Crippen molar-refractivity contribution in [2.75, 3.05) is 13.3 Å². The maximum Gasteiger partial charge on any atom is 0.240 e. The lowest BCUT2D eigenvalue weighted by atomic mass is 10.4. The molecule has 0 bridgehead atoms. The molecule has 0 saturated carbocycles. The van der Waals surface area contributed by atoms with Gasteiger partial charge in [-0.05, 0) is 31.3 Å².